The van der Waals surface area contributed by atoms with Gasteiger partial charge in [-0.05, 0) is 56.8 Å². The first-order valence-corrected chi connectivity index (χ1v) is 19.2. The SMILES string of the molecule is CC(=O)NC(=O)C[C@H](N)C(=O)N[C@@H](CCCN=C(N)N)C(=O)N[C@@H](CC(C)C)C(=O)N[C@@H](CC(C)C)C(=O)N[C@@H](CC(C)C)C(=O)N[C@H](C(=O)NCC(N)=O)[C@@H](C)O. The van der Waals surface area contributed by atoms with Crippen LogP contribution in [0.25, 0.3) is 0 Å². The molecule has 0 aliphatic carbocycles. The Hall–Kier alpha value is -5.38. The minimum absolute atomic E-state index is 0.0167. The maximum absolute atomic E-state index is 13.9. The van der Waals surface area contributed by atoms with E-state index >= 15 is 0 Å². The normalized spacial score (nSPS) is 14.7. The molecule has 330 valence electrons. The number of nitrogens with one attached hydrogen (secondary N) is 7. The quantitative estimate of drug-likeness (QED) is 0.0225. The van der Waals surface area contributed by atoms with Crippen molar-refractivity contribution in [3.8, 4) is 0 Å². The molecule has 16 N–H and O–H groups in total. The van der Waals surface area contributed by atoms with Gasteiger partial charge in [0.15, 0.2) is 5.96 Å². The maximum Gasteiger partial charge on any atom is 0.245 e. The first kappa shape index (κ1) is 52.6. The highest BCUT2D eigenvalue weighted by Gasteiger charge is 2.34. The number of rotatable bonds is 26. The van der Waals surface area contributed by atoms with Crippen molar-refractivity contribution < 1.29 is 48.3 Å². The molecular formula is C36H66N12O10. The fourth-order valence-corrected chi connectivity index (χ4v) is 5.46. The molecule has 0 saturated heterocycles. The zero-order chi connectivity index (χ0) is 44.9. The molecule has 0 aromatic heterocycles. The van der Waals surface area contributed by atoms with E-state index in [0.717, 1.165) is 6.92 Å². The molecular weight excluding hydrogens is 760 g/mol. The highest BCUT2D eigenvalue weighted by atomic mass is 16.3. The fourth-order valence-electron chi connectivity index (χ4n) is 5.46. The Balaban J connectivity index is 6.34. The van der Waals surface area contributed by atoms with Gasteiger partial charge in [0.1, 0.15) is 30.2 Å². The monoisotopic (exact) mass is 827 g/mol. The average Bonchev–Trinajstić information content (AvgIpc) is 3.08. The van der Waals surface area contributed by atoms with Gasteiger partial charge in [0, 0.05) is 13.5 Å². The fraction of sp³-hybridized carbons (Fsp3) is 0.722. The third-order valence-corrected chi connectivity index (χ3v) is 8.16. The average molecular weight is 827 g/mol. The summed E-state index contributed by atoms with van der Waals surface area (Å²) in [5, 5.41) is 27.3. The van der Waals surface area contributed by atoms with E-state index in [2.05, 4.69) is 36.9 Å². The van der Waals surface area contributed by atoms with Crippen LogP contribution in [0.4, 0.5) is 0 Å². The van der Waals surface area contributed by atoms with Gasteiger partial charge in [0.05, 0.1) is 25.1 Å². The number of carbonyl (C=O) groups is 9. The van der Waals surface area contributed by atoms with E-state index < -0.39 is 108 Å². The number of imide groups is 1. The van der Waals surface area contributed by atoms with Crippen molar-refractivity contribution >= 4 is 59.1 Å². The van der Waals surface area contributed by atoms with Crippen molar-refractivity contribution in [2.75, 3.05) is 13.1 Å². The predicted molar refractivity (Wildman–Crippen MR) is 213 cm³/mol. The number of aliphatic hydroxyl groups is 1. The molecule has 22 heteroatoms. The molecule has 0 saturated carbocycles. The summed E-state index contributed by atoms with van der Waals surface area (Å²) in [4.78, 5) is 119. The number of primary amides is 1. The van der Waals surface area contributed by atoms with Crippen LogP contribution in [-0.4, -0.2) is 120 Å². The summed E-state index contributed by atoms with van der Waals surface area (Å²) < 4.78 is 0. The Kier molecular flexibility index (Phi) is 24.1. The van der Waals surface area contributed by atoms with Gasteiger partial charge in [-0.1, -0.05) is 41.5 Å². The zero-order valence-corrected chi connectivity index (χ0v) is 34.8. The number of carbonyl (C=O) groups excluding carboxylic acids is 9. The Morgan fingerprint density at radius 3 is 1.40 bits per heavy atom. The van der Waals surface area contributed by atoms with Crippen LogP contribution in [-0.2, 0) is 43.2 Å². The molecule has 0 unspecified atom stereocenters. The topological polar surface area (TPSA) is 375 Å². The minimum Gasteiger partial charge on any atom is -0.391 e. The summed E-state index contributed by atoms with van der Waals surface area (Å²) in [5.74, 6) is -7.77. The summed E-state index contributed by atoms with van der Waals surface area (Å²) in [5.41, 5.74) is 21.8. The molecule has 0 spiro atoms. The molecule has 0 rings (SSSR count). The lowest BCUT2D eigenvalue weighted by atomic mass is 9.98. The molecule has 0 aromatic rings. The van der Waals surface area contributed by atoms with Gasteiger partial charge in [-0.2, -0.15) is 0 Å². The van der Waals surface area contributed by atoms with Crippen LogP contribution in [0.2, 0.25) is 0 Å². The lowest BCUT2D eigenvalue weighted by molar-refractivity contribution is -0.136. The van der Waals surface area contributed by atoms with Crippen LogP contribution >= 0.6 is 0 Å². The molecule has 0 aliphatic rings. The first-order chi connectivity index (χ1) is 26.8. The van der Waals surface area contributed by atoms with Crippen LogP contribution in [0, 0.1) is 17.8 Å². The second-order valence-electron chi connectivity index (χ2n) is 15.4. The summed E-state index contributed by atoms with van der Waals surface area (Å²) in [6.45, 7) is 12.7. The van der Waals surface area contributed by atoms with Crippen molar-refractivity contribution in [3.63, 3.8) is 0 Å². The van der Waals surface area contributed by atoms with Gasteiger partial charge >= 0.3 is 0 Å². The van der Waals surface area contributed by atoms with Crippen LogP contribution < -0.4 is 60.2 Å². The Labute approximate surface area is 339 Å². The number of aliphatic imine (C=N–C) groups is 1. The van der Waals surface area contributed by atoms with Crippen LogP contribution in [0.3, 0.4) is 0 Å². The van der Waals surface area contributed by atoms with Gasteiger partial charge in [0.2, 0.25) is 53.2 Å². The van der Waals surface area contributed by atoms with E-state index in [1.54, 1.807) is 41.5 Å². The standard InChI is InChI=1S/C36H66N12O10/c1-17(2)12-24(45-31(54)23(10-9-11-41-36(39)40)44-30(53)22(37)15-28(52)43-21(8)50)32(55)46-25(13-18(3)4)33(56)47-26(14-19(5)6)34(57)48-29(20(7)49)35(58)42-16-27(38)51/h17-20,22-26,29,49H,9-16,37H2,1-8H3,(H2,38,51)(H,42,58)(H,44,53)(H,45,54)(H,46,55)(H,47,56)(H,48,57)(H4,39,40,41)(H,43,50,52)/t20-,22+,23+,24+,25+,26+,29+/m1/s1. The molecule has 58 heavy (non-hydrogen) atoms. The Bertz CT molecular complexity index is 1470. The van der Waals surface area contributed by atoms with Gasteiger partial charge in [-0.15, -0.1) is 0 Å². The number of hydrogen-bond donors (Lipinski definition) is 12. The summed E-state index contributed by atoms with van der Waals surface area (Å²) in [6, 6.07) is -7.86. The second kappa shape index (κ2) is 26.5. The third kappa shape index (κ3) is 22.4. The predicted octanol–water partition coefficient (Wildman–Crippen LogP) is -4.04. The second-order valence-corrected chi connectivity index (χ2v) is 15.4. The first-order valence-electron chi connectivity index (χ1n) is 19.2. The van der Waals surface area contributed by atoms with E-state index in [9.17, 15) is 48.3 Å². The van der Waals surface area contributed by atoms with Gasteiger partial charge in [0.25, 0.3) is 0 Å². The van der Waals surface area contributed by atoms with Crippen molar-refractivity contribution in [2.24, 2.45) is 45.7 Å². The number of amides is 9. The van der Waals surface area contributed by atoms with Gasteiger partial charge < -0.3 is 59.9 Å². The molecule has 7 atom stereocenters. The van der Waals surface area contributed by atoms with Crippen molar-refractivity contribution in [2.45, 2.75) is 136 Å². The smallest absolute Gasteiger partial charge is 0.245 e. The highest BCUT2D eigenvalue weighted by Crippen LogP contribution is 2.12. The number of aliphatic hydroxyl groups excluding tert-OH is 1. The van der Waals surface area contributed by atoms with E-state index in [1.165, 1.54) is 6.92 Å². The van der Waals surface area contributed by atoms with Crippen molar-refractivity contribution in [3.05, 3.63) is 0 Å². The van der Waals surface area contributed by atoms with Gasteiger partial charge in [-0.3, -0.25) is 53.5 Å². The summed E-state index contributed by atoms with van der Waals surface area (Å²) in [7, 11) is 0. The highest BCUT2D eigenvalue weighted by molar-refractivity contribution is 5.99. The van der Waals surface area contributed by atoms with E-state index in [4.69, 9.17) is 22.9 Å². The largest absolute Gasteiger partial charge is 0.391 e. The Morgan fingerprint density at radius 1 is 0.603 bits per heavy atom. The molecule has 0 fully saturated rings. The van der Waals surface area contributed by atoms with Gasteiger partial charge in [-0.25, -0.2) is 0 Å². The summed E-state index contributed by atoms with van der Waals surface area (Å²) >= 11 is 0. The van der Waals surface area contributed by atoms with Crippen molar-refractivity contribution in [1.29, 1.82) is 0 Å². The van der Waals surface area contributed by atoms with Crippen LogP contribution in [0.5, 0.6) is 0 Å². The molecule has 0 aromatic carbocycles. The lowest BCUT2D eigenvalue weighted by Gasteiger charge is -2.29. The third-order valence-electron chi connectivity index (χ3n) is 8.16. The molecule has 22 nitrogen and oxygen atoms in total. The maximum atomic E-state index is 13.9. The van der Waals surface area contributed by atoms with Crippen molar-refractivity contribution in [1.82, 2.24) is 37.2 Å². The molecule has 0 radical (unpaired) electrons. The summed E-state index contributed by atoms with van der Waals surface area (Å²) in [6.07, 6.45) is -1.45. The molecule has 0 bridgehead atoms. The van der Waals surface area contributed by atoms with E-state index in [-0.39, 0.29) is 62.4 Å². The molecule has 9 amide bonds. The number of hydrogen-bond acceptors (Lipinski definition) is 12. The lowest BCUT2D eigenvalue weighted by Crippen LogP contribution is -2.61. The zero-order valence-electron chi connectivity index (χ0n) is 34.8. The number of nitrogens with zero attached hydrogens (tertiary/aromatic N) is 1. The van der Waals surface area contributed by atoms with Crippen LogP contribution in [0.15, 0.2) is 4.99 Å². The molecule has 0 aliphatic heterocycles. The van der Waals surface area contributed by atoms with E-state index in [0.29, 0.717) is 0 Å². The number of guanidine groups is 1. The van der Waals surface area contributed by atoms with E-state index in [1.807, 2.05) is 5.32 Å². The minimum atomic E-state index is -1.49. The van der Waals surface area contributed by atoms with Crippen LogP contribution in [0.1, 0.15) is 93.9 Å². The number of nitrogens with two attached hydrogens (primary N) is 4. The molecule has 0 heterocycles. The Morgan fingerprint density at radius 2 is 1.02 bits per heavy atom.